The van der Waals surface area contributed by atoms with E-state index in [-0.39, 0.29) is 20.9 Å². The Kier molecular flexibility index (Phi) is 11.6. The van der Waals surface area contributed by atoms with Gasteiger partial charge in [0.25, 0.3) is 18.1 Å². The molecule has 0 aliphatic rings. The molecule has 0 N–H and O–H groups in total. The number of ether oxygens (including phenoxy) is 1. The molecule has 0 spiro atoms. The van der Waals surface area contributed by atoms with E-state index in [0.29, 0.717) is 22.6 Å². The second kappa shape index (κ2) is 16.2. The van der Waals surface area contributed by atoms with Gasteiger partial charge in [-0.25, -0.2) is 4.79 Å². The van der Waals surface area contributed by atoms with Crippen LogP contribution in [-0.2, 0) is 4.74 Å². The van der Waals surface area contributed by atoms with Crippen molar-refractivity contribution in [2.75, 3.05) is 0 Å². The SMILES string of the molecule is Cc1ccc(OPOc2ccc3ccccc3c2-c2c(OPOc3ccc(C)cc3C(C)C)c(C(=O)OC(C)(C)C)cc3ccccc23)c(C(C)C)c1. The summed E-state index contributed by atoms with van der Waals surface area (Å²) in [7, 11) is -0.793. The van der Waals surface area contributed by atoms with Gasteiger partial charge in [0.05, 0.1) is 0 Å². The molecule has 2 atom stereocenters. The molecule has 0 amide bonds. The fraction of sp³-hybridized carbons (Fsp3) is 0.267. The van der Waals surface area contributed by atoms with Gasteiger partial charge in [-0.2, -0.15) is 0 Å². The molecular weight excluding hydrogens is 698 g/mol. The van der Waals surface area contributed by atoms with Crippen LogP contribution in [0.5, 0.6) is 23.0 Å². The van der Waals surface area contributed by atoms with Crippen molar-refractivity contribution in [3.63, 3.8) is 0 Å². The van der Waals surface area contributed by atoms with E-state index in [2.05, 4.69) is 71.9 Å². The molecule has 0 bridgehead atoms. The highest BCUT2D eigenvalue weighted by Gasteiger charge is 2.28. The lowest BCUT2D eigenvalue weighted by Gasteiger charge is -2.24. The van der Waals surface area contributed by atoms with E-state index >= 15 is 0 Å². The van der Waals surface area contributed by atoms with Crippen molar-refractivity contribution < 1.29 is 27.6 Å². The summed E-state index contributed by atoms with van der Waals surface area (Å²) in [5, 5.41) is 3.70. The smallest absolute Gasteiger partial charge is 0.342 e. The van der Waals surface area contributed by atoms with E-state index in [1.54, 1.807) is 0 Å². The third kappa shape index (κ3) is 8.78. The molecule has 0 radical (unpaired) electrons. The lowest BCUT2D eigenvalue weighted by molar-refractivity contribution is 0.00681. The van der Waals surface area contributed by atoms with E-state index in [1.165, 1.54) is 5.56 Å². The zero-order chi connectivity index (χ0) is 37.9. The van der Waals surface area contributed by atoms with Crippen molar-refractivity contribution in [1.29, 1.82) is 0 Å². The van der Waals surface area contributed by atoms with Gasteiger partial charge in [-0.15, -0.1) is 0 Å². The molecule has 6 rings (SSSR count). The summed E-state index contributed by atoms with van der Waals surface area (Å²) in [6, 6.07) is 34.4. The minimum absolute atomic E-state index is 0.248. The molecule has 6 aromatic carbocycles. The maximum absolute atomic E-state index is 14.1. The van der Waals surface area contributed by atoms with Gasteiger partial charge < -0.3 is 22.8 Å². The number of aryl methyl sites for hydroxylation is 2. The number of carbonyl (C=O) groups is 1. The molecule has 0 aliphatic heterocycles. The number of fused-ring (bicyclic) bond motifs is 2. The van der Waals surface area contributed by atoms with E-state index in [0.717, 1.165) is 55.3 Å². The fourth-order valence-electron chi connectivity index (χ4n) is 6.40. The summed E-state index contributed by atoms with van der Waals surface area (Å²) in [5.74, 6) is 2.54. The molecule has 0 saturated heterocycles. The first-order chi connectivity index (χ1) is 25.3. The Hall–Kier alpha value is -4.63. The first kappa shape index (κ1) is 38.1. The summed E-state index contributed by atoms with van der Waals surface area (Å²) >= 11 is 0. The highest BCUT2D eigenvalue weighted by molar-refractivity contribution is 7.27. The highest BCUT2D eigenvalue weighted by Crippen LogP contribution is 2.50. The molecule has 0 saturated carbocycles. The van der Waals surface area contributed by atoms with Crippen LogP contribution in [-0.4, -0.2) is 11.6 Å². The Morgan fingerprint density at radius 3 is 1.62 bits per heavy atom. The van der Waals surface area contributed by atoms with Crippen molar-refractivity contribution in [2.45, 2.75) is 79.8 Å². The van der Waals surface area contributed by atoms with Gasteiger partial charge in [0, 0.05) is 11.1 Å². The second-order valence-corrected chi connectivity index (χ2v) is 16.1. The quantitative estimate of drug-likeness (QED) is 0.0918. The van der Waals surface area contributed by atoms with Crippen molar-refractivity contribution >= 4 is 45.6 Å². The Morgan fingerprint density at radius 1 is 0.566 bits per heavy atom. The van der Waals surface area contributed by atoms with Crippen LogP contribution < -0.4 is 18.1 Å². The minimum atomic E-state index is -0.732. The number of hydrogen-bond donors (Lipinski definition) is 0. The first-order valence-corrected chi connectivity index (χ1v) is 19.6. The summed E-state index contributed by atoms with van der Waals surface area (Å²) in [6.45, 7) is 18.3. The minimum Gasteiger partial charge on any atom is -0.456 e. The normalized spacial score (nSPS) is 12.1. The average molecular weight is 747 g/mol. The number of benzene rings is 6. The van der Waals surface area contributed by atoms with Gasteiger partial charge >= 0.3 is 5.97 Å². The maximum atomic E-state index is 14.1. The van der Waals surface area contributed by atoms with Crippen molar-refractivity contribution in [3.8, 4) is 34.1 Å². The summed E-state index contributed by atoms with van der Waals surface area (Å²) in [6.07, 6.45) is 0. The lowest BCUT2D eigenvalue weighted by Crippen LogP contribution is -2.24. The predicted molar refractivity (Wildman–Crippen MR) is 222 cm³/mol. The largest absolute Gasteiger partial charge is 0.456 e. The molecule has 0 aliphatic carbocycles. The molecule has 274 valence electrons. The lowest BCUT2D eigenvalue weighted by atomic mass is 9.90. The van der Waals surface area contributed by atoms with Crippen LogP contribution in [0, 0.1) is 13.8 Å². The Labute approximate surface area is 317 Å². The molecule has 53 heavy (non-hydrogen) atoms. The van der Waals surface area contributed by atoms with E-state index in [9.17, 15) is 4.79 Å². The number of carbonyl (C=O) groups excluding carboxylic acids is 1. The Bertz CT molecular complexity index is 2270. The molecule has 0 fully saturated rings. The van der Waals surface area contributed by atoms with Gasteiger partial charge in [0.2, 0.25) is 0 Å². The third-order valence-electron chi connectivity index (χ3n) is 8.93. The molecule has 6 nitrogen and oxygen atoms in total. The van der Waals surface area contributed by atoms with Crippen molar-refractivity contribution in [2.24, 2.45) is 0 Å². The van der Waals surface area contributed by atoms with Crippen molar-refractivity contribution in [1.82, 2.24) is 0 Å². The van der Waals surface area contributed by atoms with E-state index in [1.807, 2.05) is 93.6 Å². The molecule has 0 aromatic heterocycles. The third-order valence-corrected chi connectivity index (χ3v) is 10.1. The molecule has 6 aromatic rings. The number of esters is 1. The van der Waals surface area contributed by atoms with Gasteiger partial charge in [0.1, 0.15) is 34.2 Å². The van der Waals surface area contributed by atoms with E-state index < -0.39 is 20.6 Å². The van der Waals surface area contributed by atoms with Gasteiger partial charge in [-0.3, -0.25) is 0 Å². The second-order valence-electron chi connectivity index (χ2n) is 15.0. The molecule has 2 unspecified atom stereocenters. The fourth-order valence-corrected chi connectivity index (χ4v) is 7.59. The van der Waals surface area contributed by atoms with Gasteiger partial charge in [-0.05, 0) is 103 Å². The Balaban J connectivity index is 1.51. The van der Waals surface area contributed by atoms with E-state index in [4.69, 9.17) is 22.8 Å². The summed E-state index contributed by atoms with van der Waals surface area (Å²) in [5.41, 5.74) is 5.62. The topological polar surface area (TPSA) is 63.2 Å². The standard InChI is InChI=1S/C45H48O6P2/c1-27(2)35-24-29(5)18-21-38(35)48-52-50-40-23-20-31-14-10-12-16-33(31)41(40)42-34-17-13-11-15-32(34)26-37(44(46)47-45(7,8)9)43(42)51-53-49-39-22-19-30(6)25-36(39)28(3)4/h10-28,52-53H,1-9H3. The summed E-state index contributed by atoms with van der Waals surface area (Å²) in [4.78, 5) is 14.1. The molecular formula is C45H48O6P2. The monoisotopic (exact) mass is 746 g/mol. The van der Waals surface area contributed by atoms with Crippen molar-refractivity contribution in [3.05, 3.63) is 131 Å². The predicted octanol–water partition coefficient (Wildman–Crippen LogP) is 13.4. The van der Waals surface area contributed by atoms with Gasteiger partial charge in [-0.1, -0.05) is 118 Å². The van der Waals surface area contributed by atoms with Crippen LogP contribution in [0.3, 0.4) is 0 Å². The van der Waals surface area contributed by atoms with Crippen LogP contribution in [0.4, 0.5) is 0 Å². The number of rotatable bonds is 12. The molecule has 0 heterocycles. The maximum Gasteiger partial charge on any atom is 0.342 e. The van der Waals surface area contributed by atoms with Crippen LogP contribution in [0.25, 0.3) is 32.7 Å². The average Bonchev–Trinajstić information content (AvgIpc) is 3.11. The molecule has 8 heteroatoms. The van der Waals surface area contributed by atoms with Gasteiger partial charge in [0.15, 0.2) is 0 Å². The van der Waals surface area contributed by atoms with Crippen LogP contribution in [0.15, 0.2) is 103 Å². The summed E-state index contributed by atoms with van der Waals surface area (Å²) < 4.78 is 32.0. The van der Waals surface area contributed by atoms with Crippen LogP contribution in [0.2, 0.25) is 0 Å². The van der Waals surface area contributed by atoms with Crippen LogP contribution in [0.1, 0.15) is 92.9 Å². The zero-order valence-corrected chi connectivity index (χ0v) is 33.9. The zero-order valence-electron chi connectivity index (χ0n) is 31.9. The highest BCUT2D eigenvalue weighted by atomic mass is 31.1. The van der Waals surface area contributed by atoms with Crippen LogP contribution >= 0.6 is 18.1 Å². The number of hydrogen-bond acceptors (Lipinski definition) is 6. The first-order valence-electron chi connectivity index (χ1n) is 18.0. The Morgan fingerprint density at radius 2 is 1.06 bits per heavy atom.